The second kappa shape index (κ2) is 10.7. The van der Waals surface area contributed by atoms with Crippen LogP contribution in [0.2, 0.25) is 50.9 Å². The maximum atomic E-state index is 11.2. The Balaban J connectivity index is 3.63. The van der Waals surface area contributed by atoms with Gasteiger partial charge in [0, 0.05) is 5.57 Å². The van der Waals surface area contributed by atoms with Crippen LogP contribution in [0.5, 0.6) is 0 Å². The van der Waals surface area contributed by atoms with Gasteiger partial charge in [0.1, 0.15) is 0 Å². The SMILES string of the molecule is C=C(C)C(=O)OCCC[Si]O[Si](C)(C)CC[Si]O[Si](C)(C)C. The Morgan fingerprint density at radius 2 is 1.64 bits per heavy atom. The molecule has 126 valence electrons. The highest BCUT2D eigenvalue weighted by molar-refractivity contribution is 6.76. The molecule has 0 rings (SSSR count). The van der Waals surface area contributed by atoms with E-state index in [1.54, 1.807) is 6.92 Å². The van der Waals surface area contributed by atoms with Crippen LogP contribution in [-0.2, 0) is 17.8 Å². The second-order valence-corrected chi connectivity index (χ2v) is 18.3. The molecule has 0 bridgehead atoms. The van der Waals surface area contributed by atoms with E-state index in [9.17, 15) is 4.79 Å². The van der Waals surface area contributed by atoms with Gasteiger partial charge in [-0.15, -0.1) is 0 Å². The number of carbonyl (C=O) groups is 1. The van der Waals surface area contributed by atoms with Crippen LogP contribution in [0.4, 0.5) is 0 Å². The van der Waals surface area contributed by atoms with E-state index in [-0.39, 0.29) is 5.97 Å². The van der Waals surface area contributed by atoms with E-state index in [2.05, 4.69) is 39.3 Å². The van der Waals surface area contributed by atoms with Gasteiger partial charge in [-0.1, -0.05) is 6.58 Å². The molecule has 0 unspecified atom stereocenters. The van der Waals surface area contributed by atoms with Crippen LogP contribution in [0.3, 0.4) is 0 Å². The van der Waals surface area contributed by atoms with Crippen molar-refractivity contribution in [3.63, 3.8) is 0 Å². The first-order valence-corrected chi connectivity index (χ1v) is 16.4. The average molecular weight is 375 g/mol. The van der Waals surface area contributed by atoms with Gasteiger partial charge in [-0.3, -0.25) is 0 Å². The van der Waals surface area contributed by atoms with E-state index in [4.69, 9.17) is 13.0 Å². The van der Waals surface area contributed by atoms with Crippen LogP contribution in [-0.4, -0.2) is 48.7 Å². The van der Waals surface area contributed by atoms with Crippen molar-refractivity contribution in [1.29, 1.82) is 0 Å². The molecular weight excluding hydrogens is 344 g/mol. The van der Waals surface area contributed by atoms with E-state index >= 15 is 0 Å². The first-order valence-electron chi connectivity index (χ1n) is 7.68. The molecule has 0 saturated carbocycles. The fourth-order valence-corrected chi connectivity index (χ4v) is 8.97. The summed E-state index contributed by atoms with van der Waals surface area (Å²) in [7, 11) is -1.82. The Bertz CT molecular complexity index is 353. The van der Waals surface area contributed by atoms with Crippen LogP contribution >= 0.6 is 0 Å². The molecule has 0 aromatic heterocycles. The molecule has 4 nitrogen and oxygen atoms in total. The minimum Gasteiger partial charge on any atom is -0.462 e. The van der Waals surface area contributed by atoms with Gasteiger partial charge >= 0.3 is 5.97 Å². The Hall–Kier alpha value is -0.00247. The summed E-state index contributed by atoms with van der Waals surface area (Å²) in [5.74, 6) is -0.303. The zero-order valence-electron chi connectivity index (χ0n) is 14.9. The maximum Gasteiger partial charge on any atom is 0.333 e. The Labute approximate surface area is 143 Å². The minimum atomic E-state index is -1.57. The summed E-state index contributed by atoms with van der Waals surface area (Å²) in [5.41, 5.74) is 0.452. The minimum absolute atomic E-state index is 0.303. The zero-order valence-corrected chi connectivity index (χ0v) is 18.9. The van der Waals surface area contributed by atoms with Crippen LogP contribution in [0.25, 0.3) is 0 Å². The predicted octanol–water partition coefficient (Wildman–Crippen LogP) is 3.64. The topological polar surface area (TPSA) is 44.8 Å². The standard InChI is InChI=1S/C14H30O4Si4/c1-13(2)14(15)16-9-8-10-19-18-22(6,7)12-11-20-17-21(3,4)5/h1,8-12H2,2-7H3. The zero-order chi connectivity index (χ0) is 17.2. The molecule has 0 N–H and O–H groups in total. The van der Waals surface area contributed by atoms with Crippen LogP contribution < -0.4 is 0 Å². The summed E-state index contributed by atoms with van der Waals surface area (Å²) in [6.07, 6.45) is 0.850. The molecule has 0 aliphatic rings. The van der Waals surface area contributed by atoms with E-state index in [0.29, 0.717) is 31.7 Å². The Morgan fingerprint density at radius 3 is 2.18 bits per heavy atom. The number of hydrogen-bond acceptors (Lipinski definition) is 4. The number of rotatable bonds is 12. The molecule has 0 aromatic rings. The van der Waals surface area contributed by atoms with E-state index in [0.717, 1.165) is 24.6 Å². The van der Waals surface area contributed by atoms with Gasteiger partial charge in [0.15, 0.2) is 16.6 Å². The van der Waals surface area contributed by atoms with E-state index in [1.807, 2.05) is 0 Å². The number of esters is 1. The fourth-order valence-electron chi connectivity index (χ4n) is 1.35. The molecule has 0 saturated heterocycles. The fraction of sp³-hybridized carbons (Fsp3) is 0.786. The van der Waals surface area contributed by atoms with Crippen molar-refractivity contribution >= 4 is 42.1 Å². The van der Waals surface area contributed by atoms with Crippen molar-refractivity contribution < 1.29 is 17.8 Å². The number of hydrogen-bond donors (Lipinski definition) is 0. The highest BCUT2D eigenvalue weighted by atomic mass is 28.4. The van der Waals surface area contributed by atoms with Crippen molar-refractivity contribution in [1.82, 2.24) is 0 Å². The summed E-state index contributed by atoms with van der Waals surface area (Å²) in [5, 5.41) is 0. The summed E-state index contributed by atoms with van der Waals surface area (Å²) in [4.78, 5) is 11.2. The van der Waals surface area contributed by atoms with E-state index < -0.39 is 16.6 Å². The molecule has 0 heterocycles. The van der Waals surface area contributed by atoms with Crippen molar-refractivity contribution in [2.75, 3.05) is 6.61 Å². The highest BCUT2D eigenvalue weighted by Crippen LogP contribution is 2.15. The molecule has 0 aromatic carbocycles. The van der Waals surface area contributed by atoms with Gasteiger partial charge < -0.3 is 13.0 Å². The molecule has 0 spiro atoms. The third kappa shape index (κ3) is 13.6. The van der Waals surface area contributed by atoms with Crippen molar-refractivity contribution in [3.8, 4) is 0 Å². The summed E-state index contributed by atoms with van der Waals surface area (Å²) in [6, 6.07) is 3.21. The molecular formula is C14H30O4Si4. The smallest absolute Gasteiger partial charge is 0.333 e. The first kappa shape index (κ1) is 22.0. The van der Waals surface area contributed by atoms with Gasteiger partial charge in [-0.05, 0) is 64.2 Å². The normalized spacial score (nSPS) is 12.3. The quantitative estimate of drug-likeness (QED) is 0.226. The molecule has 0 fully saturated rings. The van der Waals surface area contributed by atoms with Gasteiger partial charge in [-0.2, -0.15) is 0 Å². The van der Waals surface area contributed by atoms with Gasteiger partial charge in [0.25, 0.3) is 0 Å². The molecule has 0 amide bonds. The molecule has 0 aliphatic carbocycles. The van der Waals surface area contributed by atoms with Crippen molar-refractivity contribution in [2.45, 2.75) is 64.2 Å². The van der Waals surface area contributed by atoms with Crippen molar-refractivity contribution in [2.24, 2.45) is 0 Å². The maximum absolute atomic E-state index is 11.2. The lowest BCUT2D eigenvalue weighted by atomic mass is 10.4. The van der Waals surface area contributed by atoms with Crippen LogP contribution in [0, 0.1) is 0 Å². The third-order valence-corrected chi connectivity index (χ3v) is 11.3. The Morgan fingerprint density at radius 1 is 1.05 bits per heavy atom. The van der Waals surface area contributed by atoms with Gasteiger partial charge in [0.2, 0.25) is 19.5 Å². The first-order chi connectivity index (χ1) is 10.0. The summed E-state index contributed by atoms with van der Waals surface area (Å²) >= 11 is 0. The van der Waals surface area contributed by atoms with E-state index in [1.165, 1.54) is 0 Å². The molecule has 0 aliphatic heterocycles. The lowest BCUT2D eigenvalue weighted by Gasteiger charge is -2.23. The Kier molecular flexibility index (Phi) is 10.7. The lowest BCUT2D eigenvalue weighted by Crippen LogP contribution is -2.33. The monoisotopic (exact) mass is 374 g/mol. The number of carbonyl (C=O) groups excluding carboxylic acids is 1. The van der Waals surface area contributed by atoms with Gasteiger partial charge in [-0.25, -0.2) is 4.79 Å². The van der Waals surface area contributed by atoms with Crippen molar-refractivity contribution in [3.05, 3.63) is 12.2 Å². The molecule has 0 atom stereocenters. The van der Waals surface area contributed by atoms with Gasteiger partial charge in [0.05, 0.1) is 6.61 Å². The number of ether oxygens (including phenoxy) is 1. The van der Waals surface area contributed by atoms with Crippen LogP contribution in [0.15, 0.2) is 12.2 Å². The molecule has 4 radical (unpaired) electrons. The predicted molar refractivity (Wildman–Crippen MR) is 99.3 cm³/mol. The summed E-state index contributed by atoms with van der Waals surface area (Å²) in [6.45, 7) is 16.9. The third-order valence-electron chi connectivity index (χ3n) is 2.56. The lowest BCUT2D eigenvalue weighted by molar-refractivity contribution is -0.138. The summed E-state index contributed by atoms with van der Waals surface area (Å²) < 4.78 is 17.0. The van der Waals surface area contributed by atoms with Crippen LogP contribution in [0.1, 0.15) is 13.3 Å². The largest absolute Gasteiger partial charge is 0.462 e. The second-order valence-electron chi connectivity index (χ2n) is 6.88. The highest BCUT2D eigenvalue weighted by Gasteiger charge is 2.22. The molecule has 8 heteroatoms. The average Bonchev–Trinajstić information content (AvgIpc) is 2.37. The molecule has 22 heavy (non-hydrogen) atoms.